The molecule has 0 spiro atoms. The molecule has 162 valence electrons. The fourth-order valence-corrected chi connectivity index (χ4v) is 4.05. The second-order valence-electron chi connectivity index (χ2n) is 7.58. The molecule has 5 heteroatoms. The molecule has 0 aliphatic carbocycles. The number of benzene rings is 2. The predicted molar refractivity (Wildman–Crippen MR) is 127 cm³/mol. The van der Waals surface area contributed by atoms with E-state index < -0.39 is 0 Å². The van der Waals surface area contributed by atoms with Gasteiger partial charge in [0.25, 0.3) is 5.56 Å². The average molecular weight is 410 g/mol. The number of aromatic nitrogens is 1. The molecule has 0 fully saturated rings. The second-order valence-corrected chi connectivity index (χ2v) is 7.58. The van der Waals surface area contributed by atoms with Crippen molar-refractivity contribution in [2.75, 3.05) is 45.9 Å². The molecule has 3 rings (SSSR count). The molecule has 0 saturated carbocycles. The molecule has 30 heavy (non-hydrogen) atoms. The molecule has 3 aromatic rings. The van der Waals surface area contributed by atoms with Crippen LogP contribution in [0.2, 0.25) is 0 Å². The summed E-state index contributed by atoms with van der Waals surface area (Å²) in [7, 11) is 0. The third-order valence-corrected chi connectivity index (χ3v) is 6.06. The van der Waals surface area contributed by atoms with Crippen molar-refractivity contribution in [2.24, 2.45) is 0 Å². The highest BCUT2D eigenvalue weighted by molar-refractivity contribution is 6.06. The van der Waals surface area contributed by atoms with Crippen molar-refractivity contribution in [3.8, 4) is 5.75 Å². The number of para-hydroxylation sites is 1. The Hall–Kier alpha value is -2.37. The number of rotatable bonds is 11. The van der Waals surface area contributed by atoms with Crippen LogP contribution in [-0.2, 0) is 6.54 Å². The van der Waals surface area contributed by atoms with Gasteiger partial charge in [-0.1, -0.05) is 45.9 Å². The summed E-state index contributed by atoms with van der Waals surface area (Å²) in [5.74, 6) is 0.820. The standard InChI is InChI=1S/C25H35N3O2/c1-5-26(6-2)15-16-28-24-12-10-9-11-21(24)23-19-20(13-14-22(23)25(28)29)30-18-17-27(7-3)8-4/h9-14,19H,5-8,15-18H2,1-4H3. The van der Waals surface area contributed by atoms with E-state index in [1.165, 1.54) is 0 Å². The first-order valence-electron chi connectivity index (χ1n) is 11.3. The number of pyridine rings is 1. The number of ether oxygens (including phenoxy) is 1. The fourth-order valence-electron chi connectivity index (χ4n) is 4.05. The number of hydrogen-bond acceptors (Lipinski definition) is 4. The quantitative estimate of drug-likeness (QED) is 0.445. The average Bonchev–Trinajstić information content (AvgIpc) is 2.79. The number of fused-ring (bicyclic) bond motifs is 3. The molecule has 0 unspecified atom stereocenters. The van der Waals surface area contributed by atoms with Gasteiger partial charge in [0, 0.05) is 35.8 Å². The zero-order chi connectivity index (χ0) is 21.5. The van der Waals surface area contributed by atoms with Gasteiger partial charge in [-0.2, -0.15) is 0 Å². The van der Waals surface area contributed by atoms with Gasteiger partial charge in [-0.3, -0.25) is 4.79 Å². The summed E-state index contributed by atoms with van der Waals surface area (Å²) in [5.41, 5.74) is 1.06. The fraction of sp³-hybridized carbons (Fsp3) is 0.480. The van der Waals surface area contributed by atoms with E-state index in [9.17, 15) is 4.79 Å². The number of likely N-dealkylation sites (N-methyl/N-ethyl adjacent to an activating group) is 2. The minimum atomic E-state index is 0.0746. The minimum absolute atomic E-state index is 0.0746. The van der Waals surface area contributed by atoms with E-state index in [2.05, 4.69) is 43.6 Å². The van der Waals surface area contributed by atoms with E-state index in [0.717, 1.165) is 66.7 Å². The lowest BCUT2D eigenvalue weighted by Gasteiger charge is -2.20. The molecular weight excluding hydrogens is 374 g/mol. The Morgan fingerprint density at radius 2 is 1.47 bits per heavy atom. The van der Waals surface area contributed by atoms with E-state index in [1.54, 1.807) is 0 Å². The summed E-state index contributed by atoms with van der Waals surface area (Å²) in [4.78, 5) is 18.0. The number of nitrogens with zero attached hydrogens (tertiary/aromatic N) is 3. The van der Waals surface area contributed by atoms with Gasteiger partial charge in [0.05, 0.1) is 5.52 Å². The van der Waals surface area contributed by atoms with Crippen LogP contribution < -0.4 is 10.3 Å². The first-order chi connectivity index (χ1) is 14.6. The number of hydrogen-bond donors (Lipinski definition) is 0. The highest BCUT2D eigenvalue weighted by Gasteiger charge is 2.12. The normalized spacial score (nSPS) is 11.8. The van der Waals surface area contributed by atoms with Crippen LogP contribution in [0, 0.1) is 0 Å². The molecule has 5 nitrogen and oxygen atoms in total. The highest BCUT2D eigenvalue weighted by atomic mass is 16.5. The van der Waals surface area contributed by atoms with Gasteiger partial charge in [-0.15, -0.1) is 0 Å². The summed E-state index contributed by atoms with van der Waals surface area (Å²) >= 11 is 0. The van der Waals surface area contributed by atoms with Gasteiger partial charge in [0.1, 0.15) is 12.4 Å². The molecule has 1 aromatic heterocycles. The van der Waals surface area contributed by atoms with Crippen molar-refractivity contribution in [3.05, 3.63) is 52.8 Å². The van der Waals surface area contributed by atoms with Crippen molar-refractivity contribution < 1.29 is 4.74 Å². The first-order valence-corrected chi connectivity index (χ1v) is 11.3. The van der Waals surface area contributed by atoms with E-state index in [4.69, 9.17) is 4.74 Å². The van der Waals surface area contributed by atoms with Gasteiger partial charge in [0.2, 0.25) is 0 Å². The molecule has 0 aliphatic rings. The van der Waals surface area contributed by atoms with Crippen LogP contribution in [0.4, 0.5) is 0 Å². The molecule has 1 heterocycles. The molecule has 0 N–H and O–H groups in total. The monoisotopic (exact) mass is 409 g/mol. The molecule has 0 bridgehead atoms. The Bertz CT molecular complexity index is 1020. The van der Waals surface area contributed by atoms with Crippen LogP contribution in [0.3, 0.4) is 0 Å². The van der Waals surface area contributed by atoms with Crippen LogP contribution in [0.15, 0.2) is 47.3 Å². The van der Waals surface area contributed by atoms with Crippen molar-refractivity contribution in [1.29, 1.82) is 0 Å². The van der Waals surface area contributed by atoms with Crippen LogP contribution in [-0.4, -0.2) is 60.2 Å². The van der Waals surface area contributed by atoms with Crippen LogP contribution in [0.5, 0.6) is 5.75 Å². The Balaban J connectivity index is 1.95. The second kappa shape index (κ2) is 10.6. The molecule has 0 aliphatic heterocycles. The van der Waals surface area contributed by atoms with Gasteiger partial charge in [0.15, 0.2) is 0 Å². The zero-order valence-electron chi connectivity index (χ0n) is 18.9. The van der Waals surface area contributed by atoms with Crippen LogP contribution in [0.25, 0.3) is 21.7 Å². The van der Waals surface area contributed by atoms with E-state index in [0.29, 0.717) is 13.2 Å². The smallest absolute Gasteiger partial charge is 0.258 e. The maximum absolute atomic E-state index is 13.3. The lowest BCUT2D eigenvalue weighted by Crippen LogP contribution is -2.31. The summed E-state index contributed by atoms with van der Waals surface area (Å²) in [6.45, 7) is 15.8. The minimum Gasteiger partial charge on any atom is -0.492 e. The molecule has 0 atom stereocenters. The largest absolute Gasteiger partial charge is 0.492 e. The zero-order valence-corrected chi connectivity index (χ0v) is 18.9. The van der Waals surface area contributed by atoms with Gasteiger partial charge in [-0.05, 0) is 50.4 Å². The van der Waals surface area contributed by atoms with Gasteiger partial charge >= 0.3 is 0 Å². The van der Waals surface area contributed by atoms with E-state index in [-0.39, 0.29) is 5.56 Å². The Morgan fingerprint density at radius 1 is 0.800 bits per heavy atom. The van der Waals surface area contributed by atoms with Crippen molar-refractivity contribution in [3.63, 3.8) is 0 Å². The molecule has 0 radical (unpaired) electrons. The van der Waals surface area contributed by atoms with E-state index in [1.807, 2.05) is 41.0 Å². The first kappa shape index (κ1) is 22.3. The third-order valence-electron chi connectivity index (χ3n) is 6.06. The van der Waals surface area contributed by atoms with Crippen molar-refractivity contribution in [2.45, 2.75) is 34.2 Å². The summed E-state index contributed by atoms with van der Waals surface area (Å²) in [6.07, 6.45) is 0. The van der Waals surface area contributed by atoms with Gasteiger partial charge in [-0.25, -0.2) is 0 Å². The SMILES string of the molecule is CCN(CC)CCOc1ccc2c(=O)n(CCN(CC)CC)c3ccccc3c2c1. The van der Waals surface area contributed by atoms with Crippen LogP contribution >= 0.6 is 0 Å². The van der Waals surface area contributed by atoms with Crippen LogP contribution in [0.1, 0.15) is 27.7 Å². The topological polar surface area (TPSA) is 37.7 Å². The Morgan fingerprint density at radius 3 is 2.17 bits per heavy atom. The van der Waals surface area contributed by atoms with Gasteiger partial charge < -0.3 is 19.1 Å². The highest BCUT2D eigenvalue weighted by Crippen LogP contribution is 2.26. The molecule has 2 aromatic carbocycles. The lowest BCUT2D eigenvalue weighted by molar-refractivity contribution is 0.223. The summed E-state index contributed by atoms with van der Waals surface area (Å²) in [5, 5.41) is 2.82. The Labute approximate surface area is 179 Å². The third kappa shape index (κ3) is 4.85. The van der Waals surface area contributed by atoms with E-state index >= 15 is 0 Å². The Kier molecular flexibility index (Phi) is 7.88. The summed E-state index contributed by atoms with van der Waals surface area (Å²) in [6, 6.07) is 14.1. The lowest BCUT2D eigenvalue weighted by atomic mass is 10.1. The predicted octanol–water partition coefficient (Wildman–Crippen LogP) is 4.22. The maximum atomic E-state index is 13.3. The van der Waals surface area contributed by atoms with Crippen molar-refractivity contribution >= 4 is 21.7 Å². The molecular formula is C25H35N3O2. The maximum Gasteiger partial charge on any atom is 0.258 e. The molecule has 0 saturated heterocycles. The van der Waals surface area contributed by atoms with Crippen molar-refractivity contribution in [1.82, 2.24) is 14.4 Å². The summed E-state index contributed by atoms with van der Waals surface area (Å²) < 4.78 is 7.95. The molecule has 0 amide bonds.